The van der Waals surface area contributed by atoms with E-state index in [1.807, 2.05) is 0 Å². The van der Waals surface area contributed by atoms with Crippen LogP contribution in [0.3, 0.4) is 0 Å². The van der Waals surface area contributed by atoms with Crippen molar-refractivity contribution in [3.05, 3.63) is 156 Å². The predicted molar refractivity (Wildman–Crippen MR) is 260 cm³/mol. The van der Waals surface area contributed by atoms with Gasteiger partial charge >= 0.3 is 0 Å². The Morgan fingerprint density at radius 1 is 0.468 bits per heavy atom. The Bertz CT molecular complexity index is 2540. The van der Waals surface area contributed by atoms with E-state index in [1.54, 1.807) is 5.56 Å². The molecule has 0 aliphatic heterocycles. The van der Waals surface area contributed by atoms with E-state index < -0.39 is 5.89 Å². The molecule has 2 aromatic heterocycles. The van der Waals surface area contributed by atoms with Crippen molar-refractivity contribution in [1.29, 1.82) is 0 Å². The maximum absolute atomic E-state index is 9.32. The summed E-state index contributed by atoms with van der Waals surface area (Å²) in [5.41, 5.74) is 16.6. The molecule has 320 valence electrons. The largest absolute Gasteiger partial charge is 0.212 e. The van der Waals surface area contributed by atoms with E-state index >= 15 is 0 Å². The van der Waals surface area contributed by atoms with Crippen LogP contribution in [0.1, 0.15) is 139 Å². The lowest BCUT2D eigenvalue weighted by molar-refractivity contribution is -0.660. The highest BCUT2D eigenvalue weighted by Crippen LogP contribution is 2.55. The Labute approximate surface area is 375 Å². The first-order valence-corrected chi connectivity index (χ1v) is 24.2. The first kappa shape index (κ1) is 41.2. The van der Waals surface area contributed by atoms with E-state index in [1.165, 1.54) is 139 Å². The van der Waals surface area contributed by atoms with Gasteiger partial charge in [-0.15, -0.1) is 0 Å². The van der Waals surface area contributed by atoms with Crippen molar-refractivity contribution in [3.63, 3.8) is 0 Å². The Morgan fingerprint density at radius 2 is 0.919 bits per heavy atom. The lowest BCUT2D eigenvalue weighted by Crippen LogP contribution is -2.36. The van der Waals surface area contributed by atoms with Crippen LogP contribution in [0.2, 0.25) is 0 Å². The van der Waals surface area contributed by atoms with Gasteiger partial charge in [0.1, 0.15) is 14.1 Å². The molecule has 0 saturated heterocycles. The second-order valence-electron chi connectivity index (χ2n) is 20.6. The van der Waals surface area contributed by atoms with E-state index in [4.69, 9.17) is 0 Å². The van der Waals surface area contributed by atoms with Crippen LogP contribution < -0.4 is 9.13 Å². The fourth-order valence-electron chi connectivity index (χ4n) is 12.4. The second kappa shape index (κ2) is 18.1. The minimum atomic E-state index is -0.417. The molecule has 0 amide bonds. The number of benzene rings is 4. The van der Waals surface area contributed by atoms with Crippen molar-refractivity contribution in [2.24, 2.45) is 36.8 Å². The molecule has 2 heterocycles. The lowest BCUT2D eigenvalue weighted by Gasteiger charge is -2.48. The quantitative estimate of drug-likeness (QED) is 0.148. The maximum atomic E-state index is 9.32. The van der Waals surface area contributed by atoms with E-state index in [0.717, 1.165) is 30.6 Å². The molecule has 4 fully saturated rings. The third-order valence-electron chi connectivity index (χ3n) is 16.6. The summed E-state index contributed by atoms with van der Waals surface area (Å²) in [6.07, 6.45) is 23.1. The highest BCUT2D eigenvalue weighted by molar-refractivity contribution is 5.68. The Hall–Kier alpha value is -4.82. The Morgan fingerprint density at radius 3 is 1.42 bits per heavy atom. The van der Waals surface area contributed by atoms with E-state index in [2.05, 4.69) is 185 Å². The molecular formula is C60H72N2+2. The molecule has 10 rings (SSSR count). The number of hydrogen-bond donors (Lipinski definition) is 0. The zero-order valence-corrected chi connectivity index (χ0v) is 38.7. The Balaban J connectivity index is 0.000000160. The minimum Gasteiger partial charge on any atom is -0.200 e. The fourth-order valence-corrected chi connectivity index (χ4v) is 12.4. The monoisotopic (exact) mass is 822 g/mol. The lowest BCUT2D eigenvalue weighted by atomic mass is 9.57. The summed E-state index contributed by atoms with van der Waals surface area (Å²) in [6.45, 7) is 9.40. The smallest absolute Gasteiger partial charge is 0.200 e. The maximum Gasteiger partial charge on any atom is 0.212 e. The number of pyridine rings is 2. The molecule has 2 nitrogen and oxygen atoms in total. The molecule has 0 bridgehead atoms. The summed E-state index contributed by atoms with van der Waals surface area (Å²) in [5, 5.41) is 0. The average molecular weight is 822 g/mol. The second-order valence-corrected chi connectivity index (χ2v) is 20.6. The van der Waals surface area contributed by atoms with Crippen molar-refractivity contribution >= 4 is 0 Å². The highest BCUT2D eigenvalue weighted by Gasteiger charge is 2.42. The predicted octanol–water partition coefficient (Wildman–Crippen LogP) is 15.2. The number of rotatable bonds is 6. The van der Waals surface area contributed by atoms with Gasteiger partial charge in [-0.1, -0.05) is 124 Å². The first-order valence-electron chi connectivity index (χ1n) is 24.7. The SMILES string of the molecule is Cc1ccccc1-c1ccc(-c2ccc(C3CC[C@]4(C)CCCC[C@H]4C3)cc2)c[n+]1C.[2H]C1(c2ccc(-c3ccc(-c4ccccc4C)[n+](C)c3)cc2)CC[C@]2(C)CCCC[C@H]2C1. The third-order valence-corrected chi connectivity index (χ3v) is 16.6. The van der Waals surface area contributed by atoms with Gasteiger partial charge in [-0.2, -0.15) is 0 Å². The van der Waals surface area contributed by atoms with E-state index in [0.29, 0.717) is 10.8 Å². The minimum absolute atomic E-state index is 0.417. The van der Waals surface area contributed by atoms with Gasteiger partial charge < -0.3 is 0 Å². The van der Waals surface area contributed by atoms with Crippen LogP contribution in [0.15, 0.2) is 134 Å². The number of hydrogen-bond acceptors (Lipinski definition) is 0. The summed E-state index contributed by atoms with van der Waals surface area (Å²) < 4.78 is 13.8. The Kier molecular flexibility index (Phi) is 12.0. The van der Waals surface area contributed by atoms with Crippen molar-refractivity contribution in [2.45, 2.75) is 129 Å². The first-order chi connectivity index (χ1) is 30.4. The highest BCUT2D eigenvalue weighted by atomic mass is 14.9. The zero-order chi connectivity index (χ0) is 43.8. The van der Waals surface area contributed by atoms with Gasteiger partial charge in [-0.25, -0.2) is 9.13 Å². The van der Waals surface area contributed by atoms with Crippen LogP contribution in [0.25, 0.3) is 44.8 Å². The van der Waals surface area contributed by atoms with Gasteiger partial charge in [0, 0.05) is 35.8 Å². The molecule has 62 heavy (non-hydrogen) atoms. The summed E-state index contributed by atoms with van der Waals surface area (Å²) in [5.74, 6) is 1.99. The van der Waals surface area contributed by atoms with Gasteiger partial charge in [0.25, 0.3) is 0 Å². The third kappa shape index (κ3) is 8.86. The van der Waals surface area contributed by atoms with E-state index in [9.17, 15) is 1.37 Å². The number of aromatic nitrogens is 2. The van der Waals surface area contributed by atoms with Gasteiger partial charge in [0.2, 0.25) is 11.4 Å². The van der Waals surface area contributed by atoms with Crippen LogP contribution in [0.4, 0.5) is 0 Å². The molecule has 4 aliphatic carbocycles. The molecule has 0 N–H and O–H groups in total. The molecule has 2 unspecified atom stereocenters. The van der Waals surface area contributed by atoms with Crippen LogP contribution >= 0.6 is 0 Å². The normalized spacial score (nSPS) is 27.2. The van der Waals surface area contributed by atoms with Crippen molar-refractivity contribution in [2.75, 3.05) is 0 Å². The topological polar surface area (TPSA) is 7.76 Å². The molecule has 4 aliphatic rings. The average Bonchev–Trinajstić information content (AvgIpc) is 3.30. The molecule has 6 aromatic rings. The molecule has 0 spiro atoms. The van der Waals surface area contributed by atoms with Gasteiger partial charge in [-0.05, 0) is 170 Å². The number of aryl methyl sites for hydroxylation is 4. The van der Waals surface area contributed by atoms with Crippen LogP contribution in [0.5, 0.6) is 0 Å². The molecule has 0 radical (unpaired) electrons. The molecule has 2 heteroatoms. The standard InChI is InChI=1S/2C30H36N/c2*1-22-8-4-5-10-28(22)29-16-15-26(21-31(29)3)24-13-11-23(12-14-24)25-17-19-30(2)18-7-6-9-27(30)20-25/h2*4-5,8,10-16,21,25,27H,6-7,9,17-20H2,1-3H3/q2*+1/t2*25?,27-,30-/m00/s1/i25D;. The van der Waals surface area contributed by atoms with Crippen molar-refractivity contribution < 1.29 is 10.5 Å². The molecular weight excluding hydrogens is 749 g/mol. The molecule has 4 aromatic carbocycles. The van der Waals surface area contributed by atoms with Crippen molar-refractivity contribution in [3.8, 4) is 44.8 Å². The summed E-state index contributed by atoms with van der Waals surface area (Å²) in [6, 6.07) is 44.5. The molecule has 6 atom stereocenters. The van der Waals surface area contributed by atoms with Gasteiger partial charge in [-0.3, -0.25) is 0 Å². The van der Waals surface area contributed by atoms with Crippen LogP contribution in [-0.4, -0.2) is 0 Å². The summed E-state index contributed by atoms with van der Waals surface area (Å²) in [4.78, 5) is 0. The zero-order valence-electron chi connectivity index (χ0n) is 39.7. The van der Waals surface area contributed by atoms with Gasteiger partial charge in [0.05, 0.1) is 0 Å². The van der Waals surface area contributed by atoms with Gasteiger partial charge in [0.15, 0.2) is 12.4 Å². The summed E-state index contributed by atoms with van der Waals surface area (Å²) in [7, 11) is 4.28. The van der Waals surface area contributed by atoms with E-state index in [-0.39, 0.29) is 0 Å². The number of nitrogens with zero attached hydrogens (tertiary/aromatic N) is 2. The fraction of sp³-hybridized carbons (Fsp3) is 0.433. The van der Waals surface area contributed by atoms with Crippen LogP contribution in [-0.2, 0) is 14.1 Å². The van der Waals surface area contributed by atoms with Crippen LogP contribution in [0, 0.1) is 36.5 Å². The van der Waals surface area contributed by atoms with Crippen molar-refractivity contribution in [1.82, 2.24) is 0 Å². The molecule has 4 saturated carbocycles. The number of fused-ring (bicyclic) bond motifs is 2. The summed E-state index contributed by atoms with van der Waals surface area (Å²) >= 11 is 0.